The summed E-state index contributed by atoms with van der Waals surface area (Å²) in [5, 5.41) is 3.33. The SMILES string of the molecule is CCc1ccccc1Nc1ccc(N)c2c1C(=O)c1ccccc1C2=O. The van der Waals surface area contributed by atoms with Crippen LogP contribution in [0.15, 0.2) is 60.7 Å². The van der Waals surface area contributed by atoms with E-state index in [-0.39, 0.29) is 17.1 Å². The molecule has 1 aliphatic carbocycles. The topological polar surface area (TPSA) is 72.2 Å². The number of carbonyl (C=O) groups excluding carboxylic acids is 2. The third-order valence-corrected chi connectivity index (χ3v) is 4.78. The Balaban J connectivity index is 1.90. The second-order valence-electron chi connectivity index (χ2n) is 6.29. The molecule has 3 aromatic rings. The Kier molecular flexibility index (Phi) is 3.81. The average molecular weight is 342 g/mol. The van der Waals surface area contributed by atoms with Gasteiger partial charge >= 0.3 is 0 Å². The molecule has 0 fully saturated rings. The molecule has 0 spiro atoms. The number of benzene rings is 3. The zero-order valence-corrected chi connectivity index (χ0v) is 14.4. The van der Waals surface area contributed by atoms with Crippen molar-refractivity contribution < 1.29 is 9.59 Å². The molecule has 4 heteroatoms. The summed E-state index contributed by atoms with van der Waals surface area (Å²) >= 11 is 0. The number of para-hydroxylation sites is 1. The number of hydrogen-bond acceptors (Lipinski definition) is 4. The van der Waals surface area contributed by atoms with Crippen LogP contribution in [0.2, 0.25) is 0 Å². The predicted octanol–water partition coefficient (Wildman–Crippen LogP) is 4.35. The van der Waals surface area contributed by atoms with Gasteiger partial charge in [0, 0.05) is 22.5 Å². The van der Waals surface area contributed by atoms with Gasteiger partial charge in [-0.15, -0.1) is 0 Å². The van der Waals surface area contributed by atoms with Crippen molar-refractivity contribution >= 4 is 28.6 Å². The Bertz CT molecular complexity index is 1050. The number of nitrogens with two attached hydrogens (primary N) is 1. The molecular formula is C22H18N2O2. The Morgan fingerprint density at radius 2 is 1.38 bits per heavy atom. The average Bonchev–Trinajstić information content (AvgIpc) is 2.67. The number of carbonyl (C=O) groups is 2. The van der Waals surface area contributed by atoms with Crippen molar-refractivity contribution in [3.8, 4) is 0 Å². The molecule has 0 radical (unpaired) electrons. The van der Waals surface area contributed by atoms with E-state index < -0.39 is 0 Å². The van der Waals surface area contributed by atoms with Crippen molar-refractivity contribution in [3.63, 3.8) is 0 Å². The van der Waals surface area contributed by atoms with E-state index in [1.165, 1.54) is 0 Å². The second kappa shape index (κ2) is 6.15. The fourth-order valence-electron chi connectivity index (χ4n) is 3.45. The highest BCUT2D eigenvalue weighted by atomic mass is 16.1. The lowest BCUT2D eigenvalue weighted by Gasteiger charge is -2.22. The smallest absolute Gasteiger partial charge is 0.196 e. The lowest BCUT2D eigenvalue weighted by Crippen LogP contribution is -2.23. The van der Waals surface area contributed by atoms with Gasteiger partial charge < -0.3 is 11.1 Å². The molecule has 0 atom stereocenters. The van der Waals surface area contributed by atoms with E-state index in [1.54, 1.807) is 36.4 Å². The van der Waals surface area contributed by atoms with Crippen LogP contribution in [0.25, 0.3) is 0 Å². The summed E-state index contributed by atoms with van der Waals surface area (Å²) < 4.78 is 0. The highest BCUT2D eigenvalue weighted by molar-refractivity contribution is 6.31. The zero-order valence-electron chi connectivity index (χ0n) is 14.4. The standard InChI is InChI=1S/C22H18N2O2/c1-2-13-7-3-6-10-17(13)24-18-12-11-16(23)19-20(18)22(26)15-9-5-4-8-14(15)21(19)25/h3-12,24H,2,23H2,1H3. The van der Waals surface area contributed by atoms with Crippen LogP contribution in [0, 0.1) is 0 Å². The Morgan fingerprint density at radius 3 is 2.08 bits per heavy atom. The number of nitrogen functional groups attached to an aromatic ring is 1. The van der Waals surface area contributed by atoms with Gasteiger partial charge in [-0.1, -0.05) is 49.4 Å². The molecule has 4 nitrogen and oxygen atoms in total. The first-order valence-electron chi connectivity index (χ1n) is 8.57. The minimum atomic E-state index is -0.208. The van der Waals surface area contributed by atoms with Crippen LogP contribution >= 0.6 is 0 Å². The minimum Gasteiger partial charge on any atom is -0.398 e. The summed E-state index contributed by atoms with van der Waals surface area (Å²) in [6, 6.07) is 18.2. The van der Waals surface area contributed by atoms with Gasteiger partial charge in [-0.3, -0.25) is 9.59 Å². The number of rotatable bonds is 3. The van der Waals surface area contributed by atoms with Gasteiger partial charge in [-0.2, -0.15) is 0 Å². The summed E-state index contributed by atoms with van der Waals surface area (Å²) in [7, 11) is 0. The summed E-state index contributed by atoms with van der Waals surface area (Å²) in [4.78, 5) is 26.1. The number of nitrogens with one attached hydrogen (secondary N) is 1. The largest absolute Gasteiger partial charge is 0.398 e. The molecule has 26 heavy (non-hydrogen) atoms. The van der Waals surface area contributed by atoms with Crippen molar-refractivity contribution in [1.82, 2.24) is 0 Å². The van der Waals surface area contributed by atoms with E-state index in [1.807, 2.05) is 24.3 Å². The van der Waals surface area contributed by atoms with E-state index in [4.69, 9.17) is 5.73 Å². The summed E-state index contributed by atoms with van der Waals surface area (Å²) in [5.41, 5.74) is 10.5. The molecule has 0 saturated heterocycles. The highest BCUT2D eigenvalue weighted by Crippen LogP contribution is 2.36. The molecule has 1 aliphatic rings. The van der Waals surface area contributed by atoms with Crippen LogP contribution in [-0.2, 0) is 6.42 Å². The summed E-state index contributed by atoms with van der Waals surface area (Å²) in [6.45, 7) is 2.07. The van der Waals surface area contributed by atoms with E-state index in [2.05, 4.69) is 12.2 Å². The van der Waals surface area contributed by atoms with Gasteiger partial charge in [0.1, 0.15) is 0 Å². The molecule has 128 valence electrons. The van der Waals surface area contributed by atoms with Crippen molar-refractivity contribution in [2.24, 2.45) is 0 Å². The van der Waals surface area contributed by atoms with Gasteiger partial charge in [0.25, 0.3) is 0 Å². The van der Waals surface area contributed by atoms with Crippen molar-refractivity contribution in [2.75, 3.05) is 11.1 Å². The molecule has 0 saturated carbocycles. The lowest BCUT2D eigenvalue weighted by molar-refractivity contribution is 0.0980. The third kappa shape index (κ3) is 2.39. The fraction of sp³-hybridized carbons (Fsp3) is 0.0909. The molecule has 3 aromatic carbocycles. The molecule has 0 unspecified atom stereocenters. The van der Waals surface area contributed by atoms with Gasteiger partial charge in [-0.05, 0) is 30.2 Å². The Hall–Kier alpha value is -3.40. The zero-order chi connectivity index (χ0) is 18.3. The number of ketones is 2. The maximum atomic E-state index is 13.1. The first-order chi connectivity index (χ1) is 12.6. The van der Waals surface area contributed by atoms with Crippen LogP contribution in [0.1, 0.15) is 44.3 Å². The number of anilines is 3. The van der Waals surface area contributed by atoms with Gasteiger partial charge in [0.05, 0.1) is 16.8 Å². The molecule has 0 heterocycles. The van der Waals surface area contributed by atoms with Crippen LogP contribution < -0.4 is 11.1 Å². The van der Waals surface area contributed by atoms with Crippen LogP contribution in [-0.4, -0.2) is 11.6 Å². The predicted molar refractivity (Wildman–Crippen MR) is 103 cm³/mol. The van der Waals surface area contributed by atoms with E-state index in [0.717, 1.165) is 17.7 Å². The maximum absolute atomic E-state index is 13.1. The normalized spacial score (nSPS) is 12.5. The molecule has 0 amide bonds. The van der Waals surface area contributed by atoms with Crippen LogP contribution in [0.5, 0.6) is 0 Å². The van der Waals surface area contributed by atoms with Crippen molar-refractivity contribution in [3.05, 3.63) is 88.5 Å². The Morgan fingerprint density at radius 1 is 0.769 bits per heavy atom. The molecule has 4 rings (SSSR count). The van der Waals surface area contributed by atoms with Gasteiger partial charge in [-0.25, -0.2) is 0 Å². The van der Waals surface area contributed by atoms with Gasteiger partial charge in [0.2, 0.25) is 0 Å². The molecule has 0 aliphatic heterocycles. The molecule has 3 N–H and O–H groups in total. The quantitative estimate of drug-likeness (QED) is 0.543. The number of hydrogen-bond donors (Lipinski definition) is 2. The van der Waals surface area contributed by atoms with Crippen molar-refractivity contribution in [1.29, 1.82) is 0 Å². The van der Waals surface area contributed by atoms with E-state index in [9.17, 15) is 9.59 Å². The Labute approximate surface area is 151 Å². The highest BCUT2D eigenvalue weighted by Gasteiger charge is 2.33. The maximum Gasteiger partial charge on any atom is 0.196 e. The summed E-state index contributed by atoms with van der Waals surface area (Å²) in [6.07, 6.45) is 0.857. The first-order valence-corrected chi connectivity index (χ1v) is 8.57. The fourth-order valence-corrected chi connectivity index (χ4v) is 3.45. The minimum absolute atomic E-state index is 0.182. The van der Waals surface area contributed by atoms with Crippen LogP contribution in [0.3, 0.4) is 0 Å². The van der Waals surface area contributed by atoms with E-state index >= 15 is 0 Å². The van der Waals surface area contributed by atoms with Gasteiger partial charge in [0.15, 0.2) is 11.6 Å². The first kappa shape index (κ1) is 16.1. The monoisotopic (exact) mass is 342 g/mol. The second-order valence-corrected chi connectivity index (χ2v) is 6.29. The number of fused-ring (bicyclic) bond motifs is 2. The molecular weight excluding hydrogens is 324 g/mol. The third-order valence-electron chi connectivity index (χ3n) is 4.78. The summed E-state index contributed by atoms with van der Waals surface area (Å²) in [5.74, 6) is -0.390. The van der Waals surface area contributed by atoms with E-state index in [0.29, 0.717) is 28.1 Å². The van der Waals surface area contributed by atoms with Crippen LogP contribution in [0.4, 0.5) is 17.1 Å². The molecule has 0 aromatic heterocycles. The molecule has 0 bridgehead atoms. The lowest BCUT2D eigenvalue weighted by atomic mass is 9.82. The number of aryl methyl sites for hydroxylation is 1. The van der Waals surface area contributed by atoms with Crippen molar-refractivity contribution in [2.45, 2.75) is 13.3 Å².